The second-order valence-corrected chi connectivity index (χ2v) is 4.60. The van der Waals surface area contributed by atoms with E-state index in [0.29, 0.717) is 18.4 Å². The summed E-state index contributed by atoms with van der Waals surface area (Å²) < 4.78 is 5.39. The quantitative estimate of drug-likeness (QED) is 0.867. The van der Waals surface area contributed by atoms with Gasteiger partial charge in [0.15, 0.2) is 5.65 Å². The van der Waals surface area contributed by atoms with Gasteiger partial charge in [-0.1, -0.05) is 0 Å². The molecule has 0 bridgehead atoms. The molecule has 2 N–H and O–H groups in total. The fourth-order valence-electron chi connectivity index (χ4n) is 2.41. The van der Waals surface area contributed by atoms with Gasteiger partial charge in [0, 0.05) is 12.0 Å². The first kappa shape index (κ1) is 11.5. The zero-order valence-corrected chi connectivity index (χ0v) is 10.6. The summed E-state index contributed by atoms with van der Waals surface area (Å²) in [6.45, 7) is 4.72. The highest BCUT2D eigenvalue weighted by Crippen LogP contribution is 2.25. The Morgan fingerprint density at radius 2 is 2.11 bits per heavy atom. The zero-order chi connectivity index (χ0) is 12.4. The molecular formula is C13H18N4O. The normalized spacial score (nSPS) is 17.2. The van der Waals surface area contributed by atoms with Gasteiger partial charge in [0.05, 0.1) is 12.1 Å². The monoisotopic (exact) mass is 246 g/mol. The number of hydrogen-bond donors (Lipinski definition) is 2. The van der Waals surface area contributed by atoms with E-state index < -0.39 is 0 Å². The van der Waals surface area contributed by atoms with Gasteiger partial charge in [-0.2, -0.15) is 4.98 Å². The Morgan fingerprint density at radius 3 is 2.89 bits per heavy atom. The largest absolute Gasteiger partial charge is 0.478 e. The van der Waals surface area contributed by atoms with Gasteiger partial charge in [-0.15, -0.1) is 0 Å². The fourth-order valence-corrected chi connectivity index (χ4v) is 2.41. The highest BCUT2D eigenvalue weighted by atomic mass is 16.5. The lowest BCUT2D eigenvalue weighted by atomic mass is 9.98. The van der Waals surface area contributed by atoms with Crippen LogP contribution < -0.4 is 10.1 Å². The lowest BCUT2D eigenvalue weighted by molar-refractivity contribution is 0.328. The van der Waals surface area contributed by atoms with Gasteiger partial charge in [0.1, 0.15) is 5.82 Å². The minimum absolute atomic E-state index is 0.524. The van der Waals surface area contributed by atoms with Gasteiger partial charge in [-0.25, -0.2) is 4.98 Å². The van der Waals surface area contributed by atoms with Crippen molar-refractivity contribution in [1.82, 2.24) is 20.3 Å². The van der Waals surface area contributed by atoms with Crippen molar-refractivity contribution >= 4 is 11.2 Å². The van der Waals surface area contributed by atoms with Crippen molar-refractivity contribution in [3.8, 4) is 5.88 Å². The van der Waals surface area contributed by atoms with Crippen LogP contribution in [0.1, 0.15) is 31.5 Å². The molecule has 0 amide bonds. The molecule has 96 valence electrons. The first-order valence-electron chi connectivity index (χ1n) is 6.57. The van der Waals surface area contributed by atoms with E-state index in [9.17, 15) is 0 Å². The van der Waals surface area contributed by atoms with Crippen molar-refractivity contribution < 1.29 is 4.74 Å². The summed E-state index contributed by atoms with van der Waals surface area (Å²) in [4.78, 5) is 12.4. The fraction of sp³-hybridized carbons (Fsp3) is 0.538. The Bertz CT molecular complexity index is 531. The molecule has 0 atom stereocenters. The van der Waals surface area contributed by atoms with Crippen LogP contribution in [0.5, 0.6) is 5.88 Å². The van der Waals surface area contributed by atoms with E-state index in [2.05, 4.69) is 20.3 Å². The third-order valence-electron chi connectivity index (χ3n) is 3.36. The second kappa shape index (κ2) is 4.94. The number of rotatable bonds is 3. The molecule has 0 unspecified atom stereocenters. The average molecular weight is 246 g/mol. The molecule has 0 aliphatic carbocycles. The lowest BCUT2D eigenvalue weighted by Gasteiger charge is -2.20. The Morgan fingerprint density at radius 1 is 1.28 bits per heavy atom. The molecule has 5 heteroatoms. The maximum atomic E-state index is 5.39. The van der Waals surface area contributed by atoms with Crippen LogP contribution in [-0.4, -0.2) is 34.6 Å². The van der Waals surface area contributed by atoms with Crippen LogP contribution in [0, 0.1) is 0 Å². The zero-order valence-electron chi connectivity index (χ0n) is 10.6. The van der Waals surface area contributed by atoms with Crippen LogP contribution in [0.25, 0.3) is 11.2 Å². The minimum Gasteiger partial charge on any atom is -0.478 e. The summed E-state index contributed by atoms with van der Waals surface area (Å²) in [6.07, 6.45) is 2.27. The molecular weight excluding hydrogens is 228 g/mol. The number of aromatic amines is 1. The van der Waals surface area contributed by atoms with Crippen LogP contribution in [0.4, 0.5) is 0 Å². The Kier molecular flexibility index (Phi) is 3.15. The number of hydrogen-bond acceptors (Lipinski definition) is 4. The Labute approximate surface area is 106 Å². The SMILES string of the molecule is CCOc1ccc2[nH]c(C3CCNCC3)nc2n1. The minimum atomic E-state index is 0.524. The van der Waals surface area contributed by atoms with Crippen LogP contribution in [0.2, 0.25) is 0 Å². The number of nitrogens with one attached hydrogen (secondary N) is 2. The smallest absolute Gasteiger partial charge is 0.215 e. The third kappa shape index (κ3) is 2.18. The van der Waals surface area contributed by atoms with Crippen LogP contribution in [0.3, 0.4) is 0 Å². The number of imidazole rings is 1. The Balaban J connectivity index is 1.89. The van der Waals surface area contributed by atoms with E-state index in [1.807, 2.05) is 19.1 Å². The molecule has 18 heavy (non-hydrogen) atoms. The van der Waals surface area contributed by atoms with Gasteiger partial charge in [0.25, 0.3) is 0 Å². The summed E-state index contributed by atoms with van der Waals surface area (Å²) in [7, 11) is 0. The van der Waals surface area contributed by atoms with E-state index in [1.54, 1.807) is 0 Å². The second-order valence-electron chi connectivity index (χ2n) is 4.60. The van der Waals surface area contributed by atoms with Crippen LogP contribution >= 0.6 is 0 Å². The van der Waals surface area contributed by atoms with Crippen LogP contribution in [0.15, 0.2) is 12.1 Å². The van der Waals surface area contributed by atoms with Crippen LogP contribution in [-0.2, 0) is 0 Å². The third-order valence-corrected chi connectivity index (χ3v) is 3.36. The molecule has 0 saturated carbocycles. The number of ether oxygens (including phenoxy) is 1. The maximum absolute atomic E-state index is 5.39. The molecule has 2 aromatic rings. The van der Waals surface area contributed by atoms with E-state index in [-0.39, 0.29) is 0 Å². The highest BCUT2D eigenvalue weighted by Gasteiger charge is 2.19. The number of piperidine rings is 1. The van der Waals surface area contributed by atoms with Crippen molar-refractivity contribution in [1.29, 1.82) is 0 Å². The predicted molar refractivity (Wildman–Crippen MR) is 69.9 cm³/mol. The molecule has 1 fully saturated rings. The molecule has 0 spiro atoms. The molecule has 0 radical (unpaired) electrons. The van der Waals surface area contributed by atoms with Crippen molar-refractivity contribution in [3.05, 3.63) is 18.0 Å². The molecule has 5 nitrogen and oxygen atoms in total. The standard InChI is InChI=1S/C13H18N4O/c1-2-18-11-4-3-10-13(16-11)17-12(15-10)9-5-7-14-8-6-9/h3-4,9,14H,2,5-8H2,1H3,(H,15,16,17). The molecule has 1 saturated heterocycles. The molecule has 1 aliphatic rings. The van der Waals surface area contributed by atoms with Gasteiger partial charge >= 0.3 is 0 Å². The summed E-state index contributed by atoms with van der Waals surface area (Å²) >= 11 is 0. The van der Waals surface area contributed by atoms with Gasteiger partial charge in [0.2, 0.25) is 5.88 Å². The van der Waals surface area contributed by atoms with Gasteiger partial charge < -0.3 is 15.0 Å². The van der Waals surface area contributed by atoms with E-state index in [4.69, 9.17) is 4.74 Å². The number of H-pyrrole nitrogens is 1. The van der Waals surface area contributed by atoms with E-state index in [0.717, 1.165) is 42.9 Å². The van der Waals surface area contributed by atoms with Gasteiger partial charge in [-0.05, 0) is 38.9 Å². The summed E-state index contributed by atoms with van der Waals surface area (Å²) in [5, 5.41) is 3.37. The summed E-state index contributed by atoms with van der Waals surface area (Å²) in [5.74, 6) is 2.23. The summed E-state index contributed by atoms with van der Waals surface area (Å²) in [5.41, 5.74) is 1.75. The van der Waals surface area contributed by atoms with Crippen molar-refractivity contribution in [2.24, 2.45) is 0 Å². The Hall–Kier alpha value is -1.62. The summed E-state index contributed by atoms with van der Waals surface area (Å²) in [6, 6.07) is 3.88. The van der Waals surface area contributed by atoms with Crippen molar-refractivity contribution in [3.63, 3.8) is 0 Å². The molecule has 2 aromatic heterocycles. The first-order chi connectivity index (χ1) is 8.86. The number of aromatic nitrogens is 3. The van der Waals surface area contributed by atoms with E-state index >= 15 is 0 Å². The van der Waals surface area contributed by atoms with Crippen molar-refractivity contribution in [2.45, 2.75) is 25.7 Å². The average Bonchev–Trinajstić information content (AvgIpc) is 2.83. The maximum Gasteiger partial charge on any atom is 0.215 e. The molecule has 3 heterocycles. The predicted octanol–water partition coefficient (Wildman–Crippen LogP) is 1.82. The molecule has 1 aliphatic heterocycles. The number of fused-ring (bicyclic) bond motifs is 1. The number of nitrogens with zero attached hydrogens (tertiary/aromatic N) is 2. The van der Waals surface area contributed by atoms with E-state index in [1.165, 1.54) is 0 Å². The first-order valence-corrected chi connectivity index (χ1v) is 6.57. The topological polar surface area (TPSA) is 62.8 Å². The van der Waals surface area contributed by atoms with Crippen molar-refractivity contribution in [2.75, 3.05) is 19.7 Å². The number of pyridine rings is 1. The molecule has 0 aromatic carbocycles. The molecule has 3 rings (SSSR count). The van der Waals surface area contributed by atoms with Gasteiger partial charge in [-0.3, -0.25) is 0 Å². The highest BCUT2D eigenvalue weighted by molar-refractivity contribution is 5.71. The lowest BCUT2D eigenvalue weighted by Crippen LogP contribution is -2.27.